The van der Waals surface area contributed by atoms with E-state index in [1.807, 2.05) is 0 Å². The molecule has 3 aliphatic rings. The van der Waals surface area contributed by atoms with Crippen molar-refractivity contribution in [2.45, 2.75) is 37.9 Å². The average Bonchev–Trinajstić information content (AvgIpc) is 3.30. The highest BCUT2D eigenvalue weighted by molar-refractivity contribution is 5.90. The Labute approximate surface area is 187 Å². The van der Waals surface area contributed by atoms with Gasteiger partial charge in [0.05, 0.1) is 22.3 Å². The van der Waals surface area contributed by atoms with Crippen LogP contribution in [-0.4, -0.2) is 51.3 Å². The summed E-state index contributed by atoms with van der Waals surface area (Å²) in [4.78, 5) is 16.3. The Balaban J connectivity index is 1.53. The van der Waals surface area contributed by atoms with E-state index in [0.717, 1.165) is 19.4 Å². The predicted octanol–water partition coefficient (Wildman–Crippen LogP) is 3.93. The first-order chi connectivity index (χ1) is 15.8. The molecule has 0 amide bonds. The van der Waals surface area contributed by atoms with Crippen molar-refractivity contribution in [2.24, 2.45) is 0 Å². The lowest BCUT2D eigenvalue weighted by molar-refractivity contribution is 0.107. The van der Waals surface area contributed by atoms with E-state index in [0.29, 0.717) is 24.4 Å². The van der Waals surface area contributed by atoms with E-state index in [4.69, 9.17) is 4.74 Å². The summed E-state index contributed by atoms with van der Waals surface area (Å²) in [6, 6.07) is -0.0698. The summed E-state index contributed by atoms with van der Waals surface area (Å²) in [6.07, 6.45) is 5.86. The molecule has 0 saturated carbocycles. The van der Waals surface area contributed by atoms with Gasteiger partial charge in [0.25, 0.3) is 6.08 Å². The summed E-state index contributed by atoms with van der Waals surface area (Å²) in [5.41, 5.74) is -0.139. The number of allylic oxidation sites excluding steroid dienone is 1. The van der Waals surface area contributed by atoms with Crippen LogP contribution in [0.4, 0.5) is 23.4 Å². The monoisotopic (exact) mass is 462 g/mol. The molecule has 2 saturated heterocycles. The van der Waals surface area contributed by atoms with Crippen LogP contribution in [0.15, 0.2) is 42.7 Å². The second-order valence-corrected chi connectivity index (χ2v) is 8.50. The lowest BCUT2D eigenvalue weighted by Crippen LogP contribution is -2.43. The number of rotatable bonds is 5. The Kier molecular flexibility index (Phi) is 5.43. The number of nitrogens with zero attached hydrogens (tertiary/aromatic N) is 5. The molecule has 5 rings (SSSR count). The number of anilines is 1. The first-order valence-electron chi connectivity index (χ1n) is 10.7. The van der Waals surface area contributed by atoms with Crippen molar-refractivity contribution in [1.82, 2.24) is 25.2 Å². The van der Waals surface area contributed by atoms with Gasteiger partial charge in [-0.15, -0.1) is 0 Å². The normalized spacial score (nSPS) is 24.6. The molecule has 33 heavy (non-hydrogen) atoms. The van der Waals surface area contributed by atoms with E-state index in [1.165, 1.54) is 30.4 Å². The van der Waals surface area contributed by atoms with Crippen molar-refractivity contribution in [3.63, 3.8) is 0 Å². The number of nitrogens with one attached hydrogen (secondary N) is 1. The molecule has 2 atom stereocenters. The highest BCUT2D eigenvalue weighted by Crippen LogP contribution is 2.40. The molecule has 3 aliphatic heterocycles. The fourth-order valence-electron chi connectivity index (χ4n) is 4.79. The zero-order chi connectivity index (χ0) is 23.2. The van der Waals surface area contributed by atoms with Gasteiger partial charge in [0.2, 0.25) is 0 Å². The van der Waals surface area contributed by atoms with Crippen LogP contribution in [0.3, 0.4) is 0 Å². The Bertz CT molecular complexity index is 1180. The van der Waals surface area contributed by atoms with Gasteiger partial charge in [-0.1, -0.05) is 0 Å². The zero-order valence-electron chi connectivity index (χ0n) is 17.9. The Hall–Kier alpha value is -3.21. The van der Waals surface area contributed by atoms with Crippen molar-refractivity contribution < 1.29 is 22.3 Å². The molecule has 2 aromatic heterocycles. The molecule has 0 spiro atoms. The van der Waals surface area contributed by atoms with Crippen LogP contribution >= 0.6 is 0 Å². The molecule has 0 bridgehead atoms. The lowest BCUT2D eigenvalue weighted by atomic mass is 9.95. The average molecular weight is 462 g/mol. The minimum absolute atomic E-state index is 0.00663. The molecule has 0 unspecified atom stereocenters. The van der Waals surface area contributed by atoms with Gasteiger partial charge in [0, 0.05) is 43.8 Å². The number of ether oxygens (including phenoxy) is 1. The second-order valence-electron chi connectivity index (χ2n) is 8.50. The summed E-state index contributed by atoms with van der Waals surface area (Å²) >= 11 is 0. The molecule has 5 heterocycles. The summed E-state index contributed by atoms with van der Waals surface area (Å²) in [5, 5.41) is 3.00. The van der Waals surface area contributed by atoms with Crippen molar-refractivity contribution in [1.29, 1.82) is 0 Å². The van der Waals surface area contributed by atoms with Crippen LogP contribution in [0.1, 0.15) is 25.0 Å². The van der Waals surface area contributed by atoms with Crippen LogP contribution in [0.25, 0.3) is 10.9 Å². The molecular weight excluding hydrogens is 440 g/mol. The zero-order valence-corrected chi connectivity index (χ0v) is 17.9. The van der Waals surface area contributed by atoms with E-state index in [1.54, 1.807) is 6.20 Å². The van der Waals surface area contributed by atoms with Crippen LogP contribution in [0, 0.1) is 12.7 Å². The molecular formula is C22H22F4N6O. The van der Waals surface area contributed by atoms with Crippen LogP contribution in [0.5, 0.6) is 6.01 Å². The highest BCUT2D eigenvalue weighted by Gasteiger charge is 2.49. The van der Waals surface area contributed by atoms with Gasteiger partial charge in [0.15, 0.2) is 11.6 Å². The molecule has 0 radical (unpaired) electrons. The van der Waals surface area contributed by atoms with Gasteiger partial charge in [-0.2, -0.15) is 18.7 Å². The maximum absolute atomic E-state index is 14.9. The molecule has 0 aromatic carbocycles. The van der Waals surface area contributed by atoms with Gasteiger partial charge >= 0.3 is 6.01 Å². The number of hydrogen-bond donors (Lipinski definition) is 1. The minimum atomic E-state index is -1.87. The number of aryl methyl sites for hydroxylation is 1. The number of alkyl halides is 1. The summed E-state index contributed by atoms with van der Waals surface area (Å²) < 4.78 is 60.5. The Morgan fingerprint density at radius 2 is 2.21 bits per heavy atom. The van der Waals surface area contributed by atoms with Crippen molar-refractivity contribution in [2.75, 3.05) is 24.6 Å². The second kappa shape index (κ2) is 8.29. The van der Waals surface area contributed by atoms with Gasteiger partial charge in [-0.3, -0.25) is 9.88 Å². The Morgan fingerprint density at radius 1 is 1.36 bits per heavy atom. The SMILES string of the molecule is Cc1ncc2c(N3C=CNC(C=C(F)F)=C3)nc(OC[C@@]34CCCN3C[C@H](F)C4)nc2c1F. The predicted molar refractivity (Wildman–Crippen MR) is 114 cm³/mol. The van der Waals surface area contributed by atoms with Gasteiger partial charge in [-0.25, -0.2) is 8.78 Å². The van der Waals surface area contributed by atoms with E-state index in [2.05, 4.69) is 25.2 Å². The van der Waals surface area contributed by atoms with E-state index < -0.39 is 23.6 Å². The number of aromatic nitrogens is 3. The lowest BCUT2D eigenvalue weighted by Gasteiger charge is -2.31. The summed E-state index contributed by atoms with van der Waals surface area (Å²) in [7, 11) is 0. The minimum Gasteiger partial charge on any atom is -0.461 e. The molecule has 2 fully saturated rings. The maximum atomic E-state index is 14.9. The van der Waals surface area contributed by atoms with Gasteiger partial charge in [0.1, 0.15) is 18.3 Å². The summed E-state index contributed by atoms with van der Waals surface area (Å²) in [5.74, 6) is -0.399. The maximum Gasteiger partial charge on any atom is 0.319 e. The first-order valence-corrected chi connectivity index (χ1v) is 10.7. The topological polar surface area (TPSA) is 66.4 Å². The van der Waals surface area contributed by atoms with Crippen LogP contribution in [-0.2, 0) is 0 Å². The largest absolute Gasteiger partial charge is 0.461 e. The number of hydrogen-bond acceptors (Lipinski definition) is 7. The van der Waals surface area contributed by atoms with Gasteiger partial charge in [-0.05, 0) is 26.3 Å². The van der Waals surface area contributed by atoms with E-state index >= 15 is 0 Å². The fourth-order valence-corrected chi connectivity index (χ4v) is 4.79. The van der Waals surface area contributed by atoms with Crippen molar-refractivity contribution >= 4 is 16.7 Å². The third-order valence-corrected chi connectivity index (χ3v) is 6.32. The molecule has 174 valence electrons. The molecule has 7 nitrogen and oxygen atoms in total. The number of pyridine rings is 1. The molecule has 11 heteroatoms. The smallest absolute Gasteiger partial charge is 0.319 e. The molecule has 0 aliphatic carbocycles. The number of fused-ring (bicyclic) bond motifs is 2. The van der Waals surface area contributed by atoms with Crippen molar-refractivity contribution in [3.8, 4) is 6.01 Å². The quantitative estimate of drug-likeness (QED) is 0.676. The first kappa shape index (κ1) is 21.6. The summed E-state index contributed by atoms with van der Waals surface area (Å²) in [6.45, 7) is 2.89. The van der Waals surface area contributed by atoms with Crippen LogP contribution in [0.2, 0.25) is 0 Å². The fraction of sp³-hybridized carbons (Fsp3) is 0.409. The third-order valence-electron chi connectivity index (χ3n) is 6.32. The van der Waals surface area contributed by atoms with Gasteiger partial charge < -0.3 is 15.0 Å². The van der Waals surface area contributed by atoms with E-state index in [9.17, 15) is 17.6 Å². The highest BCUT2D eigenvalue weighted by atomic mass is 19.3. The van der Waals surface area contributed by atoms with E-state index in [-0.39, 0.29) is 35.3 Å². The third kappa shape index (κ3) is 4.01. The van der Waals surface area contributed by atoms with Crippen molar-refractivity contribution in [3.05, 3.63) is 54.2 Å². The standard InChI is InChI=1S/C22H22F4N6O/c1-13-18(26)19-16(9-28-13)20(31-6-4-27-15(11-31)7-17(24)25)30-21(29-19)33-12-22-3-2-5-32(22)10-14(23)8-22/h4,6-7,9,11,14,27H,2-3,5,8,10,12H2,1H3/t14-,22+/m1/s1. The van der Waals surface area contributed by atoms with Crippen LogP contribution < -0.4 is 15.0 Å². The molecule has 2 aromatic rings. The number of halogens is 4. The molecule has 1 N–H and O–H groups in total. The Morgan fingerprint density at radius 3 is 3.03 bits per heavy atom.